The highest BCUT2D eigenvalue weighted by atomic mass is 16.6. The average molecular weight is 377 g/mol. The molecule has 7 atom stereocenters. The largest absolute Gasteiger partial charge is 0.475 e. The van der Waals surface area contributed by atoms with Gasteiger partial charge in [-0.15, -0.1) is 0 Å². The molecule has 1 aliphatic carbocycles. The standard InChI is InChI=1S/C15H27N3O8/c1-4(2)5(17-13(16)15(24)25)3-6-14(18-6)26-12-10(22)8(20)7(19)9(21)11(12)23/h4-12,14,18-23H,3H2,1-2H3,(H2,16,17)(H,24,25). The van der Waals surface area contributed by atoms with Crippen LogP contribution in [-0.4, -0.2) is 97.4 Å². The number of carboxylic acid groups (broad SMARTS) is 1. The van der Waals surface area contributed by atoms with Gasteiger partial charge in [-0.05, 0) is 12.3 Å². The lowest BCUT2D eigenvalue weighted by Crippen LogP contribution is -2.64. The van der Waals surface area contributed by atoms with E-state index in [1.165, 1.54) is 0 Å². The highest BCUT2D eigenvalue weighted by molar-refractivity contribution is 6.33. The highest BCUT2D eigenvalue weighted by Gasteiger charge is 2.52. The van der Waals surface area contributed by atoms with Gasteiger partial charge in [0, 0.05) is 6.04 Å². The van der Waals surface area contributed by atoms with E-state index in [0.29, 0.717) is 6.42 Å². The highest BCUT2D eigenvalue weighted by Crippen LogP contribution is 2.29. The molecule has 1 aliphatic heterocycles. The minimum atomic E-state index is -1.68. The first kappa shape index (κ1) is 21.0. The molecule has 0 spiro atoms. The second-order valence-corrected chi connectivity index (χ2v) is 7.16. The molecule has 0 radical (unpaired) electrons. The van der Waals surface area contributed by atoms with Gasteiger partial charge in [-0.3, -0.25) is 10.7 Å². The second kappa shape index (κ2) is 8.13. The van der Waals surface area contributed by atoms with E-state index in [9.17, 15) is 30.3 Å². The number of aliphatic hydroxyl groups is 5. The molecule has 11 nitrogen and oxygen atoms in total. The number of aliphatic carboxylic acids is 1. The van der Waals surface area contributed by atoms with Gasteiger partial charge in [0.25, 0.3) is 0 Å². The molecule has 0 aromatic heterocycles. The molecule has 2 fully saturated rings. The van der Waals surface area contributed by atoms with Crippen molar-refractivity contribution in [2.45, 2.75) is 75.2 Å². The van der Waals surface area contributed by atoms with E-state index >= 15 is 0 Å². The van der Waals surface area contributed by atoms with Crippen LogP contribution in [0.3, 0.4) is 0 Å². The maximum absolute atomic E-state index is 10.8. The van der Waals surface area contributed by atoms with Crippen molar-refractivity contribution in [2.24, 2.45) is 5.92 Å². The molecule has 11 heteroatoms. The molecular weight excluding hydrogens is 350 g/mol. The van der Waals surface area contributed by atoms with E-state index in [0.717, 1.165) is 0 Å². The third-order valence-electron chi connectivity index (χ3n) is 4.87. The van der Waals surface area contributed by atoms with Gasteiger partial charge in [0.15, 0.2) is 0 Å². The van der Waals surface area contributed by atoms with E-state index in [1.54, 1.807) is 0 Å². The Hall–Kier alpha value is -1.34. The van der Waals surface area contributed by atoms with Crippen molar-refractivity contribution in [3.63, 3.8) is 0 Å². The number of carboxylic acids is 1. The van der Waals surface area contributed by atoms with Gasteiger partial charge in [-0.1, -0.05) is 13.8 Å². The smallest absolute Gasteiger partial charge is 0.370 e. The van der Waals surface area contributed by atoms with E-state index in [-0.39, 0.29) is 18.0 Å². The second-order valence-electron chi connectivity index (χ2n) is 7.16. The molecule has 0 aromatic carbocycles. The summed E-state index contributed by atoms with van der Waals surface area (Å²) in [5.41, 5.74) is 0. The van der Waals surface area contributed by atoms with Crippen molar-refractivity contribution in [3.05, 3.63) is 0 Å². The van der Waals surface area contributed by atoms with Crippen molar-refractivity contribution in [1.29, 1.82) is 5.41 Å². The molecule has 1 saturated heterocycles. The van der Waals surface area contributed by atoms with Gasteiger partial charge >= 0.3 is 5.97 Å². The zero-order chi connectivity index (χ0) is 19.8. The van der Waals surface area contributed by atoms with Crippen LogP contribution in [-0.2, 0) is 9.53 Å². The zero-order valence-electron chi connectivity index (χ0n) is 14.5. The first-order valence-corrected chi connectivity index (χ1v) is 8.44. The zero-order valence-corrected chi connectivity index (χ0v) is 14.5. The number of carbonyl (C=O) groups is 1. The molecule has 7 unspecified atom stereocenters. The van der Waals surface area contributed by atoms with Crippen LogP contribution < -0.4 is 10.6 Å². The fraction of sp³-hybridized carbons (Fsp3) is 0.867. The molecule has 0 aromatic rings. The van der Waals surface area contributed by atoms with E-state index in [2.05, 4.69) is 10.6 Å². The molecule has 2 rings (SSSR count). The molecule has 1 saturated carbocycles. The van der Waals surface area contributed by atoms with Gasteiger partial charge in [0.1, 0.15) is 42.9 Å². The number of hydrogen-bond donors (Lipinski definition) is 9. The Bertz CT molecular complexity index is 517. The monoisotopic (exact) mass is 377 g/mol. The number of rotatable bonds is 6. The first-order chi connectivity index (χ1) is 12.0. The quantitative estimate of drug-likeness (QED) is 0.127. The molecule has 0 amide bonds. The van der Waals surface area contributed by atoms with Gasteiger partial charge in [-0.2, -0.15) is 0 Å². The van der Waals surface area contributed by atoms with Gasteiger partial charge in [-0.25, -0.2) is 4.79 Å². The molecule has 2 aliphatic rings. The van der Waals surface area contributed by atoms with E-state index in [4.69, 9.17) is 15.3 Å². The van der Waals surface area contributed by atoms with Crippen LogP contribution in [0, 0.1) is 11.3 Å². The normalized spacial score (nSPS) is 40.9. The fourth-order valence-corrected chi connectivity index (χ4v) is 3.03. The summed E-state index contributed by atoms with van der Waals surface area (Å²) in [4.78, 5) is 10.8. The topological polar surface area (TPSA) is 206 Å². The Morgan fingerprint density at radius 3 is 2.04 bits per heavy atom. The summed E-state index contributed by atoms with van der Waals surface area (Å²) in [7, 11) is 0. The summed E-state index contributed by atoms with van der Waals surface area (Å²) in [6.07, 6.45) is -9.61. The number of amidine groups is 1. The van der Waals surface area contributed by atoms with Crippen LogP contribution in [0.4, 0.5) is 0 Å². The SMILES string of the molecule is CC(C)C(CC1NC1OC1C(O)C(O)C(O)C(O)C1O)NC(=N)C(=O)O. The van der Waals surface area contributed by atoms with Gasteiger partial charge in [0.05, 0.1) is 6.04 Å². The summed E-state index contributed by atoms with van der Waals surface area (Å²) < 4.78 is 5.52. The molecule has 150 valence electrons. The van der Waals surface area contributed by atoms with Crippen LogP contribution in [0.1, 0.15) is 20.3 Å². The number of hydrogen-bond acceptors (Lipinski definition) is 9. The summed E-state index contributed by atoms with van der Waals surface area (Å²) >= 11 is 0. The van der Waals surface area contributed by atoms with Gasteiger partial charge in [0.2, 0.25) is 5.84 Å². The van der Waals surface area contributed by atoms with Crippen LogP contribution in [0.15, 0.2) is 0 Å². The minimum Gasteiger partial charge on any atom is -0.475 e. The molecule has 1 heterocycles. The van der Waals surface area contributed by atoms with Crippen LogP contribution in [0.5, 0.6) is 0 Å². The lowest BCUT2D eigenvalue weighted by Gasteiger charge is -2.41. The third kappa shape index (κ3) is 4.49. The predicted octanol–water partition coefficient (Wildman–Crippen LogP) is -3.45. The summed E-state index contributed by atoms with van der Waals surface area (Å²) in [5, 5.41) is 70.7. The third-order valence-corrected chi connectivity index (χ3v) is 4.87. The van der Waals surface area contributed by atoms with Crippen LogP contribution in [0.25, 0.3) is 0 Å². The first-order valence-electron chi connectivity index (χ1n) is 8.44. The minimum absolute atomic E-state index is 0.0300. The van der Waals surface area contributed by atoms with Crippen molar-refractivity contribution in [2.75, 3.05) is 0 Å². The Balaban J connectivity index is 1.91. The van der Waals surface area contributed by atoms with Crippen molar-refractivity contribution in [3.8, 4) is 0 Å². The molecule has 0 bridgehead atoms. The van der Waals surface area contributed by atoms with Crippen LogP contribution >= 0.6 is 0 Å². The van der Waals surface area contributed by atoms with Crippen LogP contribution in [0.2, 0.25) is 0 Å². The number of ether oxygens (including phenoxy) is 1. The fourth-order valence-electron chi connectivity index (χ4n) is 3.03. The molecular formula is C15H27N3O8. The maximum atomic E-state index is 10.8. The average Bonchev–Trinajstić information content (AvgIpc) is 3.31. The van der Waals surface area contributed by atoms with E-state index in [1.807, 2.05) is 13.8 Å². The lowest BCUT2D eigenvalue weighted by molar-refractivity contribution is -0.238. The van der Waals surface area contributed by atoms with Crippen molar-refractivity contribution < 1.29 is 40.2 Å². The number of aliphatic hydroxyl groups excluding tert-OH is 5. The van der Waals surface area contributed by atoms with Crippen molar-refractivity contribution >= 4 is 11.8 Å². The summed E-state index contributed by atoms with van der Waals surface area (Å²) in [5.74, 6) is -1.94. The molecule has 26 heavy (non-hydrogen) atoms. The Morgan fingerprint density at radius 2 is 1.58 bits per heavy atom. The molecule has 9 N–H and O–H groups in total. The summed E-state index contributed by atoms with van der Waals surface area (Å²) in [6, 6.07) is -0.541. The Labute approximate surface area is 150 Å². The van der Waals surface area contributed by atoms with E-state index < -0.39 is 54.7 Å². The van der Waals surface area contributed by atoms with Crippen molar-refractivity contribution in [1.82, 2.24) is 10.6 Å². The lowest BCUT2D eigenvalue weighted by atomic mass is 9.85. The maximum Gasteiger partial charge on any atom is 0.370 e. The Morgan fingerprint density at radius 1 is 1.08 bits per heavy atom. The Kier molecular flexibility index (Phi) is 6.55. The predicted molar refractivity (Wildman–Crippen MR) is 87.4 cm³/mol. The number of nitrogens with one attached hydrogen (secondary N) is 3. The van der Waals surface area contributed by atoms with Gasteiger partial charge < -0.3 is 40.7 Å². The summed E-state index contributed by atoms with van der Waals surface area (Å²) in [6.45, 7) is 3.74.